The molecule has 0 unspecified atom stereocenters. The number of methoxy groups -OCH3 is 1. The first-order valence-corrected chi connectivity index (χ1v) is 14.8. The number of pyridine rings is 2. The van der Waals surface area contributed by atoms with Crippen molar-refractivity contribution in [2.24, 2.45) is 0 Å². The number of nitrogen functional groups attached to an aromatic ring is 1. The molecule has 6 rings (SSSR count). The molecule has 3 aromatic heterocycles. The van der Waals surface area contributed by atoms with E-state index < -0.39 is 17.2 Å². The van der Waals surface area contributed by atoms with Gasteiger partial charge in [0.25, 0.3) is 5.91 Å². The van der Waals surface area contributed by atoms with Gasteiger partial charge in [-0.25, -0.2) is 9.37 Å². The van der Waals surface area contributed by atoms with Crippen molar-refractivity contribution < 1.29 is 23.4 Å². The molecule has 2 aromatic carbocycles. The molecule has 12 heteroatoms. The van der Waals surface area contributed by atoms with Gasteiger partial charge >= 0.3 is 0 Å². The van der Waals surface area contributed by atoms with E-state index in [9.17, 15) is 14.0 Å². The number of anilines is 2. The van der Waals surface area contributed by atoms with Gasteiger partial charge in [-0.3, -0.25) is 14.3 Å². The van der Waals surface area contributed by atoms with E-state index in [1.165, 1.54) is 30.5 Å². The zero-order valence-electron chi connectivity index (χ0n) is 25.2. The molecule has 0 aliphatic carbocycles. The number of rotatable bonds is 10. The summed E-state index contributed by atoms with van der Waals surface area (Å²) in [6, 6.07) is 14.6. The lowest BCUT2D eigenvalue weighted by Crippen LogP contribution is -2.32. The SMILES string of the molecule is COCCn1cc(C(=O)Nc2ccc(-c3cc(-c4cnn(C[C@H]5COCCO5)c4)cnc3N)cc2)c(=O)c(-c2ccc(F)cc2)c1. The first kappa shape index (κ1) is 30.8. The normalized spacial score (nSPS) is 14.7. The van der Waals surface area contributed by atoms with Crippen LogP contribution < -0.4 is 16.5 Å². The summed E-state index contributed by atoms with van der Waals surface area (Å²) < 4.78 is 33.5. The summed E-state index contributed by atoms with van der Waals surface area (Å²) in [7, 11) is 1.57. The molecule has 1 atom stereocenters. The fourth-order valence-corrected chi connectivity index (χ4v) is 5.21. The number of nitrogens with one attached hydrogen (secondary N) is 1. The van der Waals surface area contributed by atoms with Crippen LogP contribution in [0.3, 0.4) is 0 Å². The van der Waals surface area contributed by atoms with E-state index >= 15 is 0 Å². The van der Waals surface area contributed by atoms with Crippen molar-refractivity contribution in [2.45, 2.75) is 19.2 Å². The Morgan fingerprint density at radius 1 is 1.00 bits per heavy atom. The van der Waals surface area contributed by atoms with Crippen LogP contribution in [-0.4, -0.2) is 64.9 Å². The monoisotopic (exact) mass is 624 g/mol. The summed E-state index contributed by atoms with van der Waals surface area (Å²) in [6.07, 6.45) is 8.49. The number of carbonyl (C=O) groups is 1. The quantitative estimate of drug-likeness (QED) is 0.232. The molecule has 4 heterocycles. The Hall–Kier alpha value is -5.17. The Labute approximate surface area is 264 Å². The first-order chi connectivity index (χ1) is 22.4. The Morgan fingerprint density at radius 2 is 1.76 bits per heavy atom. The van der Waals surface area contributed by atoms with Crippen LogP contribution in [0.2, 0.25) is 0 Å². The maximum absolute atomic E-state index is 13.5. The number of carbonyl (C=O) groups excluding carboxylic acids is 1. The van der Waals surface area contributed by atoms with E-state index in [2.05, 4.69) is 15.4 Å². The van der Waals surface area contributed by atoms with Gasteiger partial charge in [0.15, 0.2) is 0 Å². The van der Waals surface area contributed by atoms with Gasteiger partial charge in [-0.15, -0.1) is 0 Å². The van der Waals surface area contributed by atoms with Gasteiger partial charge in [-0.1, -0.05) is 24.3 Å². The van der Waals surface area contributed by atoms with Crippen molar-refractivity contribution in [3.05, 3.63) is 107 Å². The Balaban J connectivity index is 1.20. The minimum absolute atomic E-state index is 0.0453. The largest absolute Gasteiger partial charge is 0.383 e. The topological polar surface area (TPSA) is 136 Å². The van der Waals surface area contributed by atoms with Gasteiger partial charge in [-0.05, 0) is 41.5 Å². The molecule has 1 amide bonds. The summed E-state index contributed by atoms with van der Waals surface area (Å²) in [5, 5.41) is 7.28. The van der Waals surface area contributed by atoms with E-state index in [1.54, 1.807) is 42.4 Å². The maximum atomic E-state index is 13.5. The van der Waals surface area contributed by atoms with Gasteiger partial charge in [0.1, 0.15) is 23.3 Å². The first-order valence-electron chi connectivity index (χ1n) is 14.8. The number of nitrogens with zero attached hydrogens (tertiary/aromatic N) is 4. The number of aromatic nitrogens is 4. The van der Waals surface area contributed by atoms with Crippen molar-refractivity contribution >= 4 is 17.4 Å². The summed E-state index contributed by atoms with van der Waals surface area (Å²) in [5.41, 5.74) is 10.3. The number of amides is 1. The molecule has 0 spiro atoms. The number of hydrogen-bond donors (Lipinski definition) is 2. The third kappa shape index (κ3) is 7.04. The lowest BCUT2D eigenvalue weighted by molar-refractivity contribution is -0.0946. The molecule has 0 radical (unpaired) electrons. The van der Waals surface area contributed by atoms with Crippen LogP contribution in [0, 0.1) is 5.82 Å². The van der Waals surface area contributed by atoms with Crippen LogP contribution in [0.5, 0.6) is 0 Å². The molecule has 5 aromatic rings. The van der Waals surface area contributed by atoms with Crippen LogP contribution in [-0.2, 0) is 27.3 Å². The van der Waals surface area contributed by atoms with Crippen LogP contribution in [0.25, 0.3) is 33.4 Å². The van der Waals surface area contributed by atoms with Gasteiger partial charge in [0.05, 0.1) is 39.2 Å². The highest BCUT2D eigenvalue weighted by Crippen LogP contribution is 2.30. The van der Waals surface area contributed by atoms with Crippen LogP contribution in [0.1, 0.15) is 10.4 Å². The second-order valence-corrected chi connectivity index (χ2v) is 10.9. The van der Waals surface area contributed by atoms with Crippen molar-refractivity contribution in [2.75, 3.05) is 44.6 Å². The Morgan fingerprint density at radius 3 is 2.50 bits per heavy atom. The molecular formula is C34H33FN6O5. The van der Waals surface area contributed by atoms with E-state index in [-0.39, 0.29) is 17.2 Å². The number of nitrogens with two attached hydrogens (primary N) is 1. The minimum Gasteiger partial charge on any atom is -0.383 e. The second kappa shape index (κ2) is 13.9. The van der Waals surface area contributed by atoms with Crippen LogP contribution in [0.4, 0.5) is 15.9 Å². The molecule has 1 aliphatic heterocycles. The highest BCUT2D eigenvalue weighted by atomic mass is 19.1. The van der Waals surface area contributed by atoms with Gasteiger partial charge in [0, 0.05) is 66.4 Å². The van der Waals surface area contributed by atoms with Crippen LogP contribution in [0.15, 0.2) is 90.4 Å². The zero-order valence-corrected chi connectivity index (χ0v) is 25.2. The molecule has 3 N–H and O–H groups in total. The molecule has 0 saturated carbocycles. The fourth-order valence-electron chi connectivity index (χ4n) is 5.21. The number of hydrogen-bond acceptors (Lipinski definition) is 8. The standard InChI is InChI=1S/C34H33FN6O5/c1-44-11-10-40-19-30(23-2-6-26(35)7-3-23)32(42)31(20-40)34(43)39-27-8-4-22(5-9-27)29-14-24(15-37-33(29)36)25-16-38-41(17-25)18-28-21-45-12-13-46-28/h2-9,14-17,19-20,28H,10-13,18,21H2,1H3,(H2,36,37)(H,39,43)/t28-/m0/s1. The van der Waals surface area contributed by atoms with Gasteiger partial charge < -0.3 is 29.8 Å². The maximum Gasteiger partial charge on any atom is 0.261 e. The molecule has 46 heavy (non-hydrogen) atoms. The third-order valence-electron chi connectivity index (χ3n) is 7.65. The lowest BCUT2D eigenvalue weighted by atomic mass is 10.0. The van der Waals surface area contributed by atoms with Crippen molar-refractivity contribution in [1.29, 1.82) is 0 Å². The molecule has 236 valence electrons. The molecular weight excluding hydrogens is 591 g/mol. The summed E-state index contributed by atoms with van der Waals surface area (Å²) >= 11 is 0. The lowest BCUT2D eigenvalue weighted by Gasteiger charge is -2.22. The summed E-state index contributed by atoms with van der Waals surface area (Å²) in [5.74, 6) is -0.634. The molecule has 1 saturated heterocycles. The van der Waals surface area contributed by atoms with Crippen molar-refractivity contribution in [3.8, 4) is 33.4 Å². The highest BCUT2D eigenvalue weighted by Gasteiger charge is 2.18. The average molecular weight is 625 g/mol. The molecule has 0 bridgehead atoms. The van der Waals surface area contributed by atoms with Crippen LogP contribution >= 0.6 is 0 Å². The number of halogens is 1. The molecule has 11 nitrogen and oxygen atoms in total. The summed E-state index contributed by atoms with van der Waals surface area (Å²) in [4.78, 5) is 31.2. The molecule has 1 fully saturated rings. The Bertz CT molecular complexity index is 1880. The predicted octanol–water partition coefficient (Wildman–Crippen LogP) is 4.48. The van der Waals surface area contributed by atoms with Gasteiger partial charge in [0.2, 0.25) is 5.43 Å². The smallest absolute Gasteiger partial charge is 0.261 e. The highest BCUT2D eigenvalue weighted by molar-refractivity contribution is 6.04. The minimum atomic E-state index is -0.571. The second-order valence-electron chi connectivity index (χ2n) is 10.9. The van der Waals surface area contributed by atoms with Gasteiger partial charge in [-0.2, -0.15) is 5.10 Å². The van der Waals surface area contributed by atoms with E-state index in [0.29, 0.717) is 56.6 Å². The number of benzene rings is 2. The Kier molecular flexibility index (Phi) is 9.29. The fraction of sp³-hybridized carbons (Fsp3) is 0.235. The third-order valence-corrected chi connectivity index (χ3v) is 7.65. The van der Waals surface area contributed by atoms with E-state index in [0.717, 1.165) is 22.3 Å². The summed E-state index contributed by atoms with van der Waals surface area (Å²) in [6.45, 7) is 3.09. The number of ether oxygens (including phenoxy) is 3. The van der Waals surface area contributed by atoms with Crippen molar-refractivity contribution in [1.82, 2.24) is 19.3 Å². The molecule has 1 aliphatic rings. The zero-order chi connectivity index (χ0) is 32.0. The van der Waals surface area contributed by atoms with E-state index in [1.807, 2.05) is 29.1 Å². The van der Waals surface area contributed by atoms with E-state index in [4.69, 9.17) is 19.9 Å². The average Bonchev–Trinajstić information content (AvgIpc) is 3.54. The predicted molar refractivity (Wildman–Crippen MR) is 172 cm³/mol. The van der Waals surface area contributed by atoms with Crippen molar-refractivity contribution in [3.63, 3.8) is 0 Å².